The minimum absolute atomic E-state index is 0.111. The van der Waals surface area contributed by atoms with Crippen LogP contribution < -0.4 is 14.8 Å². The summed E-state index contributed by atoms with van der Waals surface area (Å²) < 4.78 is 23.7. The number of amides is 2. The van der Waals surface area contributed by atoms with Crippen molar-refractivity contribution in [1.29, 1.82) is 0 Å². The average Bonchev–Trinajstić information content (AvgIpc) is 3.66. The van der Waals surface area contributed by atoms with Crippen LogP contribution in [-0.4, -0.2) is 77.4 Å². The molecular weight excluding hydrogens is 600 g/mol. The topological polar surface area (TPSA) is 129 Å². The number of methoxy groups -OCH3 is 1. The standard InChI is InChI=1S/C36H50N4O7/c1-8-12-24-29-19-40(30(24)34(42)45-20-21(2)3)33(41)31(36(4,5)6)39-35(43)47-28-17-22(28)13-10-9-11-14-26-32(46-29)38-27-18-23(44-7)15-16-25(27)37-26/h11,14-16,18,21-22,24,28-31H,8-10,12-13,17,19-20H2,1-7H3,(H,39,43)/b14-11+/t22-,24-,28-,29+,30+,31-/m1/s1. The Morgan fingerprint density at radius 2 is 1.91 bits per heavy atom. The predicted molar refractivity (Wildman–Crippen MR) is 178 cm³/mol. The Morgan fingerprint density at radius 1 is 1.13 bits per heavy atom. The number of alkyl carbamates (subject to hydrolysis) is 1. The molecule has 1 aromatic heterocycles. The van der Waals surface area contributed by atoms with Crippen molar-refractivity contribution in [2.24, 2.45) is 23.2 Å². The zero-order chi connectivity index (χ0) is 33.9. The van der Waals surface area contributed by atoms with Gasteiger partial charge in [0.05, 0.1) is 31.3 Å². The number of nitrogens with one attached hydrogen (secondary N) is 1. The largest absolute Gasteiger partial charge is 0.497 e. The number of hydrogen-bond donors (Lipinski definition) is 1. The normalized spacial score (nSPS) is 27.4. The molecule has 6 atom stereocenters. The summed E-state index contributed by atoms with van der Waals surface area (Å²) in [7, 11) is 1.60. The maximum absolute atomic E-state index is 14.5. The van der Waals surface area contributed by atoms with E-state index in [0.717, 1.165) is 32.1 Å². The summed E-state index contributed by atoms with van der Waals surface area (Å²) >= 11 is 0. The van der Waals surface area contributed by atoms with Gasteiger partial charge < -0.3 is 29.2 Å². The summed E-state index contributed by atoms with van der Waals surface area (Å²) in [5.41, 5.74) is 1.21. The monoisotopic (exact) mass is 650 g/mol. The minimum atomic E-state index is -0.945. The van der Waals surface area contributed by atoms with Gasteiger partial charge in [0, 0.05) is 12.0 Å². The fourth-order valence-corrected chi connectivity index (χ4v) is 6.50. The Labute approximate surface area is 277 Å². The van der Waals surface area contributed by atoms with E-state index in [0.29, 0.717) is 40.7 Å². The second-order valence-corrected chi connectivity index (χ2v) is 14.6. The lowest BCUT2D eigenvalue weighted by Crippen LogP contribution is -2.57. The van der Waals surface area contributed by atoms with Crippen molar-refractivity contribution in [3.05, 3.63) is 30.0 Å². The first-order valence-corrected chi connectivity index (χ1v) is 17.0. The van der Waals surface area contributed by atoms with Gasteiger partial charge in [0.15, 0.2) is 0 Å². The second-order valence-electron chi connectivity index (χ2n) is 14.6. The van der Waals surface area contributed by atoms with Crippen molar-refractivity contribution in [3.63, 3.8) is 0 Å². The fourth-order valence-electron chi connectivity index (χ4n) is 6.50. The highest BCUT2D eigenvalue weighted by Gasteiger charge is 2.52. The molecule has 2 bridgehead atoms. The van der Waals surface area contributed by atoms with Gasteiger partial charge in [-0.3, -0.25) is 4.79 Å². The highest BCUT2D eigenvalue weighted by molar-refractivity contribution is 5.91. The number of aromatic nitrogens is 2. The summed E-state index contributed by atoms with van der Waals surface area (Å²) in [6.07, 6.45) is 7.46. The molecule has 2 amide bonds. The maximum atomic E-state index is 14.5. The van der Waals surface area contributed by atoms with E-state index < -0.39 is 35.7 Å². The predicted octanol–water partition coefficient (Wildman–Crippen LogP) is 5.94. The van der Waals surface area contributed by atoms with Gasteiger partial charge >= 0.3 is 12.1 Å². The minimum Gasteiger partial charge on any atom is -0.497 e. The quantitative estimate of drug-likeness (QED) is 0.378. The number of carbonyl (C=O) groups is 3. The van der Waals surface area contributed by atoms with E-state index in [2.05, 4.69) is 11.4 Å². The highest BCUT2D eigenvalue weighted by Crippen LogP contribution is 2.39. The first-order chi connectivity index (χ1) is 22.4. The van der Waals surface area contributed by atoms with Crippen LogP contribution in [0.1, 0.15) is 85.8 Å². The van der Waals surface area contributed by atoms with E-state index in [1.807, 2.05) is 65.8 Å². The first-order valence-electron chi connectivity index (χ1n) is 17.0. The van der Waals surface area contributed by atoms with Crippen LogP contribution in [-0.2, 0) is 19.1 Å². The molecule has 2 aromatic rings. The molecule has 11 heteroatoms. The van der Waals surface area contributed by atoms with Crippen molar-refractivity contribution in [3.8, 4) is 11.6 Å². The Bertz CT molecular complexity index is 1490. The molecule has 0 unspecified atom stereocenters. The molecule has 3 aliphatic rings. The van der Waals surface area contributed by atoms with E-state index in [4.69, 9.17) is 28.9 Å². The van der Waals surface area contributed by atoms with E-state index >= 15 is 0 Å². The summed E-state index contributed by atoms with van der Waals surface area (Å²) in [5, 5.41) is 2.86. The van der Waals surface area contributed by atoms with Gasteiger partial charge in [0.1, 0.15) is 35.7 Å². The number of nitrogens with zero attached hydrogens (tertiary/aromatic N) is 3. The number of fused-ring (bicyclic) bond motifs is 5. The number of carbonyl (C=O) groups excluding carboxylic acids is 3. The van der Waals surface area contributed by atoms with Gasteiger partial charge in [-0.1, -0.05) is 54.0 Å². The molecule has 0 spiro atoms. The molecule has 47 heavy (non-hydrogen) atoms. The molecule has 5 rings (SSSR count). The Hall–Kier alpha value is -3.89. The van der Waals surface area contributed by atoms with Crippen LogP contribution in [0.5, 0.6) is 11.6 Å². The molecule has 0 radical (unpaired) electrons. The number of ether oxygens (including phenoxy) is 4. The third kappa shape index (κ3) is 8.16. The van der Waals surface area contributed by atoms with Crippen LogP contribution in [0.25, 0.3) is 17.1 Å². The van der Waals surface area contributed by atoms with E-state index in [9.17, 15) is 14.4 Å². The van der Waals surface area contributed by atoms with Crippen molar-refractivity contribution in [2.45, 2.75) is 104 Å². The number of esters is 1. The summed E-state index contributed by atoms with van der Waals surface area (Å²) in [5.74, 6) is 0.145. The molecular formula is C36H50N4O7. The van der Waals surface area contributed by atoms with Crippen molar-refractivity contribution < 1.29 is 33.3 Å². The third-order valence-electron chi connectivity index (χ3n) is 9.14. The van der Waals surface area contributed by atoms with E-state index in [-0.39, 0.29) is 37.0 Å². The van der Waals surface area contributed by atoms with Crippen LogP contribution in [0, 0.1) is 23.2 Å². The summed E-state index contributed by atoms with van der Waals surface area (Å²) in [4.78, 5) is 52.8. The van der Waals surface area contributed by atoms with Crippen LogP contribution >= 0.6 is 0 Å². The van der Waals surface area contributed by atoms with E-state index in [1.54, 1.807) is 12.0 Å². The van der Waals surface area contributed by atoms with Gasteiger partial charge in [-0.05, 0) is 67.6 Å². The average molecular weight is 651 g/mol. The molecule has 1 saturated heterocycles. The molecule has 2 aliphatic heterocycles. The molecule has 3 heterocycles. The summed E-state index contributed by atoms with van der Waals surface area (Å²) in [6, 6.07) is 3.67. The van der Waals surface area contributed by atoms with Crippen LogP contribution in [0.3, 0.4) is 0 Å². The summed E-state index contributed by atoms with van der Waals surface area (Å²) in [6.45, 7) is 12.0. The SMILES string of the molecule is CCC[C@@H]1[C@@H]2CN(C(=O)[C@H](C(C)(C)C)NC(=O)O[C@@H]3C[C@H]3CCC/C=C/c3nc4ccc(OC)cc4nc3O2)[C@@H]1C(=O)OCC(C)C. The zero-order valence-electron chi connectivity index (χ0n) is 28.8. The van der Waals surface area contributed by atoms with Crippen LogP contribution in [0.15, 0.2) is 24.3 Å². The Kier molecular flexibility index (Phi) is 10.6. The zero-order valence-corrected chi connectivity index (χ0v) is 28.8. The number of allylic oxidation sites excluding steroid dienone is 1. The molecule has 11 nitrogen and oxygen atoms in total. The van der Waals surface area contributed by atoms with Gasteiger partial charge in [-0.25, -0.2) is 19.6 Å². The molecule has 1 N–H and O–H groups in total. The van der Waals surface area contributed by atoms with Crippen LogP contribution in [0.4, 0.5) is 4.79 Å². The van der Waals surface area contributed by atoms with Crippen molar-refractivity contribution in [1.82, 2.24) is 20.2 Å². The Balaban J connectivity index is 1.59. The lowest BCUT2D eigenvalue weighted by molar-refractivity contribution is -0.157. The molecule has 1 saturated carbocycles. The van der Waals surface area contributed by atoms with Crippen LogP contribution in [0.2, 0.25) is 0 Å². The Morgan fingerprint density at radius 3 is 2.62 bits per heavy atom. The third-order valence-corrected chi connectivity index (χ3v) is 9.14. The smallest absolute Gasteiger partial charge is 0.408 e. The maximum Gasteiger partial charge on any atom is 0.408 e. The van der Waals surface area contributed by atoms with Crippen molar-refractivity contribution in [2.75, 3.05) is 20.3 Å². The number of benzene rings is 1. The molecule has 1 aliphatic carbocycles. The van der Waals surface area contributed by atoms with Gasteiger partial charge in [0.2, 0.25) is 11.8 Å². The molecule has 2 fully saturated rings. The lowest BCUT2D eigenvalue weighted by atomic mass is 9.85. The number of hydrogen-bond acceptors (Lipinski definition) is 9. The first kappa shape index (κ1) is 34.4. The van der Waals surface area contributed by atoms with Gasteiger partial charge in [0.25, 0.3) is 0 Å². The molecule has 1 aromatic carbocycles. The van der Waals surface area contributed by atoms with Crippen molar-refractivity contribution >= 4 is 35.1 Å². The molecule has 256 valence electrons. The van der Waals surface area contributed by atoms with Gasteiger partial charge in [-0.2, -0.15) is 0 Å². The van der Waals surface area contributed by atoms with E-state index in [1.165, 1.54) is 0 Å². The lowest BCUT2D eigenvalue weighted by Gasteiger charge is -2.35. The number of rotatable bonds is 6. The fraction of sp³-hybridized carbons (Fsp3) is 0.639. The highest BCUT2D eigenvalue weighted by atomic mass is 16.6. The second kappa shape index (κ2) is 14.5. The van der Waals surface area contributed by atoms with Gasteiger partial charge in [-0.15, -0.1) is 0 Å².